The summed E-state index contributed by atoms with van der Waals surface area (Å²) in [6.45, 7) is 0.227. The van der Waals surface area contributed by atoms with Crippen LogP contribution in [0.3, 0.4) is 0 Å². The van der Waals surface area contributed by atoms with Crippen LogP contribution in [0.4, 0.5) is 5.69 Å². The van der Waals surface area contributed by atoms with Crippen LogP contribution in [0.1, 0.15) is 24.0 Å². The minimum Gasteiger partial charge on any atom is -0.454 e. The normalized spacial score (nSPS) is 15.8. The van der Waals surface area contributed by atoms with E-state index in [9.17, 15) is 9.90 Å². The number of ether oxygens (including phenoxy) is 2. The van der Waals surface area contributed by atoms with Gasteiger partial charge in [0.2, 0.25) is 12.7 Å². The fourth-order valence-electron chi connectivity index (χ4n) is 3.84. The Morgan fingerprint density at radius 1 is 0.931 bits per heavy atom. The summed E-state index contributed by atoms with van der Waals surface area (Å²) in [5, 5.41) is 12.5. The van der Waals surface area contributed by atoms with E-state index >= 15 is 0 Å². The van der Waals surface area contributed by atoms with E-state index in [-0.39, 0.29) is 19.3 Å². The number of aliphatic hydroxyl groups is 1. The number of benzene rings is 3. The molecule has 5 nitrogen and oxygen atoms in total. The number of hydrogen-bond donors (Lipinski definition) is 2. The van der Waals surface area contributed by atoms with Crippen LogP contribution in [0.2, 0.25) is 0 Å². The Labute approximate surface area is 168 Å². The van der Waals surface area contributed by atoms with Gasteiger partial charge in [0, 0.05) is 5.69 Å². The molecule has 0 aromatic heterocycles. The molecule has 0 radical (unpaired) electrons. The summed E-state index contributed by atoms with van der Waals surface area (Å²) in [5.74, 6) is 1.42. The molecule has 5 heteroatoms. The molecule has 0 saturated heterocycles. The molecule has 3 aromatic carbocycles. The molecule has 1 heterocycles. The van der Waals surface area contributed by atoms with Crippen molar-refractivity contribution in [2.75, 3.05) is 12.1 Å². The number of amides is 1. The molecule has 2 N–H and O–H groups in total. The summed E-state index contributed by atoms with van der Waals surface area (Å²) in [6.07, 6.45) is 1.63. The van der Waals surface area contributed by atoms with E-state index in [0.29, 0.717) is 5.75 Å². The molecule has 1 aliphatic heterocycles. The molecule has 1 aliphatic carbocycles. The molecular weight excluding hydrogens is 366 g/mol. The third kappa shape index (κ3) is 3.23. The van der Waals surface area contributed by atoms with Crippen molar-refractivity contribution in [3.05, 3.63) is 77.9 Å². The van der Waals surface area contributed by atoms with Crippen molar-refractivity contribution in [3.63, 3.8) is 0 Å². The van der Waals surface area contributed by atoms with Crippen molar-refractivity contribution in [2.24, 2.45) is 0 Å². The van der Waals surface area contributed by atoms with Gasteiger partial charge in [0.1, 0.15) is 0 Å². The van der Waals surface area contributed by atoms with E-state index in [1.54, 1.807) is 0 Å². The van der Waals surface area contributed by atoms with Crippen LogP contribution >= 0.6 is 0 Å². The predicted molar refractivity (Wildman–Crippen MR) is 110 cm³/mol. The molecule has 146 valence electrons. The summed E-state index contributed by atoms with van der Waals surface area (Å²) in [5.41, 5.74) is 4.07. The molecule has 0 unspecified atom stereocenters. The molecule has 29 heavy (non-hydrogen) atoms. The molecule has 0 bridgehead atoms. The lowest BCUT2D eigenvalue weighted by Crippen LogP contribution is -2.27. The Kier molecular flexibility index (Phi) is 4.25. The fourth-order valence-corrected chi connectivity index (χ4v) is 3.84. The van der Waals surface area contributed by atoms with E-state index < -0.39 is 5.41 Å². The molecular formula is C24H21NO4. The van der Waals surface area contributed by atoms with Crippen molar-refractivity contribution in [1.82, 2.24) is 0 Å². The maximum Gasteiger partial charge on any atom is 0.235 e. The van der Waals surface area contributed by atoms with E-state index in [1.807, 2.05) is 66.7 Å². The van der Waals surface area contributed by atoms with Gasteiger partial charge in [0.15, 0.2) is 11.5 Å². The topological polar surface area (TPSA) is 67.8 Å². The van der Waals surface area contributed by atoms with E-state index in [4.69, 9.17) is 9.47 Å². The highest BCUT2D eigenvalue weighted by Gasteiger charge is 2.51. The lowest BCUT2D eigenvalue weighted by molar-refractivity contribution is -0.118. The standard InChI is InChI=1S/C24H21NO4/c26-14-16-3-1-4-17(11-16)18-5-2-6-20(12-18)25-23(27)24(9-10-24)19-7-8-21-22(13-19)29-15-28-21/h1-8,11-13,26H,9-10,14-15H2,(H,25,27). The van der Waals surface area contributed by atoms with Crippen molar-refractivity contribution in [1.29, 1.82) is 0 Å². The Morgan fingerprint density at radius 2 is 1.69 bits per heavy atom. The summed E-state index contributed by atoms with van der Waals surface area (Å²) in [6, 6.07) is 21.3. The van der Waals surface area contributed by atoms with Crippen LogP contribution in [0.15, 0.2) is 66.7 Å². The Balaban J connectivity index is 1.38. The first kappa shape index (κ1) is 17.8. The zero-order valence-corrected chi connectivity index (χ0v) is 15.9. The second kappa shape index (κ2) is 6.94. The van der Waals surface area contributed by atoms with Crippen molar-refractivity contribution < 1.29 is 19.4 Å². The smallest absolute Gasteiger partial charge is 0.235 e. The summed E-state index contributed by atoms with van der Waals surface area (Å²) >= 11 is 0. The highest BCUT2D eigenvalue weighted by atomic mass is 16.7. The first-order valence-electron chi connectivity index (χ1n) is 9.70. The second-order valence-electron chi connectivity index (χ2n) is 7.54. The van der Waals surface area contributed by atoms with Gasteiger partial charge in [0.25, 0.3) is 0 Å². The SMILES string of the molecule is O=C(Nc1cccc(-c2cccc(CO)c2)c1)C1(c2ccc3c(c2)OCO3)CC1. The van der Waals surface area contributed by atoms with Crippen LogP contribution in [-0.4, -0.2) is 17.8 Å². The molecule has 0 atom stereocenters. The number of aliphatic hydroxyl groups excluding tert-OH is 1. The van der Waals surface area contributed by atoms with Crippen LogP contribution in [0.5, 0.6) is 11.5 Å². The third-order valence-electron chi connectivity index (χ3n) is 5.67. The monoisotopic (exact) mass is 387 g/mol. The molecule has 1 saturated carbocycles. The van der Waals surface area contributed by atoms with Crippen LogP contribution in [-0.2, 0) is 16.8 Å². The fraction of sp³-hybridized carbons (Fsp3) is 0.208. The van der Waals surface area contributed by atoms with E-state index in [1.165, 1.54) is 0 Å². The van der Waals surface area contributed by atoms with Gasteiger partial charge in [-0.1, -0.05) is 36.4 Å². The quantitative estimate of drug-likeness (QED) is 0.687. The molecule has 1 fully saturated rings. The molecule has 2 aliphatic rings. The maximum atomic E-state index is 13.1. The zero-order chi connectivity index (χ0) is 19.8. The molecule has 3 aromatic rings. The van der Waals surface area contributed by atoms with Crippen LogP contribution < -0.4 is 14.8 Å². The summed E-state index contributed by atoms with van der Waals surface area (Å²) in [7, 11) is 0. The Bertz CT molecular complexity index is 1090. The molecule has 5 rings (SSSR count). The maximum absolute atomic E-state index is 13.1. The first-order valence-corrected chi connectivity index (χ1v) is 9.70. The minimum atomic E-state index is -0.506. The Morgan fingerprint density at radius 3 is 2.48 bits per heavy atom. The van der Waals surface area contributed by atoms with Gasteiger partial charge in [-0.25, -0.2) is 0 Å². The first-order chi connectivity index (χ1) is 14.2. The number of fused-ring (bicyclic) bond motifs is 1. The van der Waals surface area contributed by atoms with Crippen LogP contribution in [0, 0.1) is 0 Å². The van der Waals surface area contributed by atoms with Gasteiger partial charge in [-0.05, 0) is 65.4 Å². The zero-order valence-electron chi connectivity index (χ0n) is 15.9. The second-order valence-corrected chi connectivity index (χ2v) is 7.54. The summed E-state index contributed by atoms with van der Waals surface area (Å²) in [4.78, 5) is 13.1. The van der Waals surface area contributed by atoms with Gasteiger partial charge in [0.05, 0.1) is 12.0 Å². The Hall–Kier alpha value is -3.31. The van der Waals surface area contributed by atoms with E-state index in [2.05, 4.69) is 5.32 Å². The average Bonchev–Trinajstić information content (AvgIpc) is 3.45. The van der Waals surface area contributed by atoms with Crippen LogP contribution in [0.25, 0.3) is 11.1 Å². The number of anilines is 1. The number of hydrogen-bond acceptors (Lipinski definition) is 4. The molecule has 0 spiro atoms. The largest absolute Gasteiger partial charge is 0.454 e. The molecule has 1 amide bonds. The summed E-state index contributed by atoms with van der Waals surface area (Å²) < 4.78 is 10.8. The van der Waals surface area contributed by atoms with Crippen molar-refractivity contribution >= 4 is 11.6 Å². The van der Waals surface area contributed by atoms with Gasteiger partial charge in [-0.2, -0.15) is 0 Å². The van der Waals surface area contributed by atoms with Gasteiger partial charge < -0.3 is 19.9 Å². The number of carbonyl (C=O) groups excluding carboxylic acids is 1. The third-order valence-corrected chi connectivity index (χ3v) is 5.67. The average molecular weight is 387 g/mol. The predicted octanol–water partition coefficient (Wildman–Crippen LogP) is 4.24. The number of rotatable bonds is 5. The van der Waals surface area contributed by atoms with Gasteiger partial charge >= 0.3 is 0 Å². The number of carbonyl (C=O) groups is 1. The van der Waals surface area contributed by atoms with Crippen molar-refractivity contribution in [3.8, 4) is 22.6 Å². The van der Waals surface area contributed by atoms with Crippen molar-refractivity contribution in [2.45, 2.75) is 24.9 Å². The number of nitrogens with one attached hydrogen (secondary N) is 1. The lowest BCUT2D eigenvalue weighted by atomic mass is 9.94. The van der Waals surface area contributed by atoms with Gasteiger partial charge in [-0.3, -0.25) is 4.79 Å². The highest BCUT2D eigenvalue weighted by Crippen LogP contribution is 2.51. The lowest BCUT2D eigenvalue weighted by Gasteiger charge is -2.17. The highest BCUT2D eigenvalue weighted by molar-refractivity contribution is 6.01. The van der Waals surface area contributed by atoms with Gasteiger partial charge in [-0.15, -0.1) is 0 Å². The minimum absolute atomic E-state index is 0.00220. The van der Waals surface area contributed by atoms with E-state index in [0.717, 1.165) is 46.5 Å².